The zero-order chi connectivity index (χ0) is 16.7. The number of hydrogen-bond acceptors (Lipinski definition) is 3. The lowest BCUT2D eigenvalue weighted by molar-refractivity contribution is -0.0688. The van der Waals surface area contributed by atoms with Gasteiger partial charge in [0.15, 0.2) is 0 Å². The lowest BCUT2D eigenvalue weighted by Gasteiger charge is -2.42. The van der Waals surface area contributed by atoms with Crippen LogP contribution in [-0.4, -0.2) is 21.1 Å². The standard InChI is InChI=1S/C18H21NO3S/c1-14(2)22-18(3)13-19(15-9-5-4-6-10-15)23(20,21)17-12-8-7-11-16(17)18/h4-12,14H,13H2,1-3H3. The molecule has 5 heteroatoms. The Kier molecular flexibility index (Phi) is 3.94. The third-order valence-corrected chi connectivity index (χ3v) is 5.84. The molecule has 0 aliphatic carbocycles. The molecule has 0 radical (unpaired) electrons. The van der Waals surface area contributed by atoms with Crippen LogP contribution in [0.2, 0.25) is 0 Å². The number of hydrogen-bond donors (Lipinski definition) is 0. The molecule has 4 nitrogen and oxygen atoms in total. The van der Waals surface area contributed by atoms with Gasteiger partial charge < -0.3 is 4.74 Å². The van der Waals surface area contributed by atoms with Crippen molar-refractivity contribution in [1.29, 1.82) is 0 Å². The molecule has 1 unspecified atom stereocenters. The van der Waals surface area contributed by atoms with E-state index in [1.807, 2.05) is 51.1 Å². The molecule has 0 saturated heterocycles. The minimum Gasteiger partial charge on any atom is -0.366 e. The number of ether oxygens (including phenoxy) is 1. The molecular weight excluding hydrogens is 310 g/mol. The van der Waals surface area contributed by atoms with E-state index in [-0.39, 0.29) is 12.6 Å². The lowest BCUT2D eigenvalue weighted by atomic mass is 9.94. The van der Waals surface area contributed by atoms with Gasteiger partial charge >= 0.3 is 0 Å². The fourth-order valence-electron chi connectivity index (χ4n) is 3.14. The fourth-order valence-corrected chi connectivity index (χ4v) is 5.00. The van der Waals surface area contributed by atoms with Gasteiger partial charge in [-0.25, -0.2) is 8.42 Å². The second-order valence-electron chi connectivity index (χ2n) is 6.24. The summed E-state index contributed by atoms with van der Waals surface area (Å²) in [5.41, 5.74) is 0.688. The van der Waals surface area contributed by atoms with Crippen molar-refractivity contribution in [2.45, 2.75) is 37.4 Å². The molecule has 1 aliphatic heterocycles. The maximum absolute atomic E-state index is 13.0. The van der Waals surface area contributed by atoms with E-state index in [1.54, 1.807) is 24.3 Å². The molecule has 23 heavy (non-hydrogen) atoms. The Morgan fingerprint density at radius 1 is 1.04 bits per heavy atom. The quantitative estimate of drug-likeness (QED) is 0.864. The van der Waals surface area contributed by atoms with E-state index in [2.05, 4.69) is 0 Å². The number of rotatable bonds is 3. The molecule has 2 aromatic carbocycles. The largest absolute Gasteiger partial charge is 0.366 e. The summed E-state index contributed by atoms with van der Waals surface area (Å²) >= 11 is 0. The van der Waals surface area contributed by atoms with Gasteiger partial charge in [-0.15, -0.1) is 0 Å². The normalized spacial score (nSPS) is 22.9. The molecule has 122 valence electrons. The summed E-state index contributed by atoms with van der Waals surface area (Å²) in [5.74, 6) is 0. The molecule has 0 bridgehead atoms. The SMILES string of the molecule is CC(C)OC1(C)CN(c2ccccc2)S(=O)(=O)c2ccccc21. The molecule has 1 atom stereocenters. The second-order valence-corrected chi connectivity index (χ2v) is 8.07. The smallest absolute Gasteiger partial charge is 0.264 e. The number of sulfonamides is 1. The van der Waals surface area contributed by atoms with Crippen molar-refractivity contribution in [3.8, 4) is 0 Å². The van der Waals surface area contributed by atoms with E-state index in [1.165, 1.54) is 4.31 Å². The zero-order valence-corrected chi connectivity index (χ0v) is 14.4. The van der Waals surface area contributed by atoms with Gasteiger partial charge in [-0.05, 0) is 39.0 Å². The average Bonchev–Trinajstić information content (AvgIpc) is 2.52. The first-order valence-electron chi connectivity index (χ1n) is 7.70. The van der Waals surface area contributed by atoms with Crippen LogP contribution in [0.1, 0.15) is 26.3 Å². The Hall–Kier alpha value is -1.85. The van der Waals surface area contributed by atoms with Crippen molar-refractivity contribution < 1.29 is 13.2 Å². The summed E-state index contributed by atoms with van der Waals surface area (Å²) in [4.78, 5) is 0.318. The van der Waals surface area contributed by atoms with Crippen LogP contribution in [-0.2, 0) is 20.4 Å². The molecular formula is C18H21NO3S. The molecule has 3 rings (SSSR count). The van der Waals surface area contributed by atoms with Crippen molar-refractivity contribution in [2.24, 2.45) is 0 Å². The molecule has 0 fully saturated rings. The summed E-state index contributed by atoms with van der Waals surface area (Å²) in [5, 5.41) is 0. The number of para-hydroxylation sites is 1. The van der Waals surface area contributed by atoms with Gasteiger partial charge in [0.25, 0.3) is 10.0 Å². The van der Waals surface area contributed by atoms with Crippen molar-refractivity contribution in [1.82, 2.24) is 0 Å². The number of anilines is 1. The fraction of sp³-hybridized carbons (Fsp3) is 0.333. The van der Waals surface area contributed by atoms with Gasteiger partial charge in [-0.2, -0.15) is 0 Å². The predicted molar refractivity (Wildman–Crippen MR) is 91.0 cm³/mol. The predicted octanol–water partition coefficient (Wildman–Crippen LogP) is 3.54. The van der Waals surface area contributed by atoms with Crippen LogP contribution in [0.25, 0.3) is 0 Å². The van der Waals surface area contributed by atoms with Crippen molar-refractivity contribution >= 4 is 15.7 Å². The highest BCUT2D eigenvalue weighted by Gasteiger charge is 2.44. The van der Waals surface area contributed by atoms with Gasteiger partial charge in [0.05, 0.1) is 23.2 Å². The molecule has 1 aliphatic rings. The highest BCUT2D eigenvalue weighted by atomic mass is 32.2. The lowest BCUT2D eigenvalue weighted by Crippen LogP contribution is -2.50. The minimum atomic E-state index is -3.59. The van der Waals surface area contributed by atoms with Crippen LogP contribution in [0.4, 0.5) is 5.69 Å². The summed E-state index contributed by atoms with van der Waals surface area (Å²) in [6.07, 6.45) is -0.00789. The highest BCUT2D eigenvalue weighted by molar-refractivity contribution is 7.93. The number of benzene rings is 2. The van der Waals surface area contributed by atoms with Gasteiger partial charge in [0, 0.05) is 5.56 Å². The second kappa shape index (κ2) is 5.65. The van der Waals surface area contributed by atoms with Crippen molar-refractivity contribution in [3.63, 3.8) is 0 Å². The Morgan fingerprint density at radius 3 is 2.30 bits per heavy atom. The minimum absolute atomic E-state index is 0.00789. The molecule has 0 N–H and O–H groups in total. The van der Waals surface area contributed by atoms with E-state index in [0.29, 0.717) is 10.6 Å². The van der Waals surface area contributed by atoms with Crippen LogP contribution in [0.5, 0.6) is 0 Å². The van der Waals surface area contributed by atoms with Crippen molar-refractivity contribution in [3.05, 3.63) is 60.2 Å². The maximum Gasteiger partial charge on any atom is 0.264 e. The zero-order valence-electron chi connectivity index (χ0n) is 13.6. The molecule has 0 amide bonds. The summed E-state index contributed by atoms with van der Waals surface area (Å²) in [6.45, 7) is 6.14. The third kappa shape index (κ3) is 2.75. The third-order valence-electron chi connectivity index (χ3n) is 4.01. The van der Waals surface area contributed by atoms with Gasteiger partial charge in [-0.1, -0.05) is 36.4 Å². The topological polar surface area (TPSA) is 46.6 Å². The van der Waals surface area contributed by atoms with E-state index < -0.39 is 15.6 Å². The number of fused-ring (bicyclic) bond motifs is 1. The Labute approximate surface area is 137 Å². The first-order chi connectivity index (χ1) is 10.8. The highest BCUT2D eigenvalue weighted by Crippen LogP contribution is 2.41. The summed E-state index contributed by atoms with van der Waals surface area (Å²) in [6, 6.07) is 16.3. The van der Waals surface area contributed by atoms with E-state index >= 15 is 0 Å². The first kappa shape index (κ1) is 16.0. The Bertz CT molecular complexity index is 802. The Morgan fingerprint density at radius 2 is 1.65 bits per heavy atom. The van der Waals surface area contributed by atoms with Crippen LogP contribution >= 0.6 is 0 Å². The van der Waals surface area contributed by atoms with Crippen LogP contribution in [0, 0.1) is 0 Å². The van der Waals surface area contributed by atoms with Crippen LogP contribution in [0.3, 0.4) is 0 Å². The van der Waals surface area contributed by atoms with E-state index in [4.69, 9.17) is 4.74 Å². The number of nitrogens with zero attached hydrogens (tertiary/aromatic N) is 1. The van der Waals surface area contributed by atoms with Crippen molar-refractivity contribution in [2.75, 3.05) is 10.8 Å². The maximum atomic E-state index is 13.0. The van der Waals surface area contributed by atoms with Gasteiger partial charge in [-0.3, -0.25) is 4.31 Å². The van der Waals surface area contributed by atoms with Gasteiger partial charge in [0.1, 0.15) is 5.60 Å². The van der Waals surface area contributed by atoms with Crippen LogP contribution < -0.4 is 4.31 Å². The summed E-state index contributed by atoms with van der Waals surface area (Å²) in [7, 11) is -3.59. The van der Waals surface area contributed by atoms with Crippen LogP contribution in [0.15, 0.2) is 59.5 Å². The molecule has 0 spiro atoms. The summed E-state index contributed by atoms with van der Waals surface area (Å²) < 4.78 is 33.7. The molecule has 2 aromatic rings. The first-order valence-corrected chi connectivity index (χ1v) is 9.14. The average molecular weight is 331 g/mol. The molecule has 1 heterocycles. The monoisotopic (exact) mass is 331 g/mol. The molecule has 0 aromatic heterocycles. The van der Waals surface area contributed by atoms with E-state index in [0.717, 1.165) is 5.56 Å². The van der Waals surface area contributed by atoms with E-state index in [9.17, 15) is 8.42 Å². The molecule has 0 saturated carbocycles. The van der Waals surface area contributed by atoms with Gasteiger partial charge in [0.2, 0.25) is 0 Å². The Balaban J connectivity index is 2.20.